The molecule has 0 bridgehead atoms. The second kappa shape index (κ2) is 8.65. The second-order valence-electron chi connectivity index (χ2n) is 7.15. The minimum absolute atomic E-state index is 0. The summed E-state index contributed by atoms with van der Waals surface area (Å²) in [4.78, 5) is 7.27. The standard InChI is InChI=1S/C19H25N3O.2ClH/c23-18-8-10-20-13-19(18)9-3-11-22(14-19)12-16-7-6-15-4-1-2-5-17(15)21-16;;/h1-2,4-7,18,20,23H,3,8-14H2;2*1H/t18-,19-;;/m0../s1. The maximum Gasteiger partial charge on any atom is 0.0705 e. The smallest absolute Gasteiger partial charge is 0.0705 e. The summed E-state index contributed by atoms with van der Waals surface area (Å²) in [6.07, 6.45) is 2.99. The summed E-state index contributed by atoms with van der Waals surface area (Å²) in [5, 5.41) is 15.2. The normalized spacial score (nSPS) is 26.8. The Morgan fingerprint density at radius 1 is 1.20 bits per heavy atom. The van der Waals surface area contributed by atoms with Crippen LogP contribution in [0.3, 0.4) is 0 Å². The third kappa shape index (κ3) is 4.26. The Balaban J connectivity index is 0.00000113. The largest absolute Gasteiger partial charge is 0.392 e. The van der Waals surface area contributed by atoms with Gasteiger partial charge in [0.1, 0.15) is 0 Å². The number of piperidine rings is 2. The second-order valence-corrected chi connectivity index (χ2v) is 7.15. The average Bonchev–Trinajstić information content (AvgIpc) is 2.58. The molecule has 0 radical (unpaired) electrons. The minimum atomic E-state index is -0.170. The summed E-state index contributed by atoms with van der Waals surface area (Å²) < 4.78 is 0. The highest BCUT2D eigenvalue weighted by Gasteiger charge is 2.42. The van der Waals surface area contributed by atoms with Gasteiger partial charge in [0.2, 0.25) is 0 Å². The van der Waals surface area contributed by atoms with Gasteiger partial charge in [-0.3, -0.25) is 9.88 Å². The Labute approximate surface area is 161 Å². The van der Waals surface area contributed by atoms with Crippen molar-refractivity contribution in [2.45, 2.75) is 31.9 Å². The van der Waals surface area contributed by atoms with Crippen LogP contribution in [0, 0.1) is 5.41 Å². The molecule has 3 heterocycles. The fourth-order valence-electron chi connectivity index (χ4n) is 4.23. The number of para-hydroxylation sites is 1. The molecule has 25 heavy (non-hydrogen) atoms. The van der Waals surface area contributed by atoms with Gasteiger partial charge < -0.3 is 10.4 Å². The van der Waals surface area contributed by atoms with Gasteiger partial charge in [-0.15, -0.1) is 24.8 Å². The molecule has 2 atom stereocenters. The van der Waals surface area contributed by atoms with Gasteiger partial charge in [0.25, 0.3) is 0 Å². The Bertz CT molecular complexity index is 695. The van der Waals surface area contributed by atoms with E-state index in [4.69, 9.17) is 4.98 Å². The highest BCUT2D eigenvalue weighted by molar-refractivity contribution is 5.85. The van der Waals surface area contributed by atoms with Gasteiger partial charge in [0, 0.05) is 30.4 Å². The van der Waals surface area contributed by atoms with Crippen LogP contribution in [0.4, 0.5) is 0 Å². The van der Waals surface area contributed by atoms with Gasteiger partial charge in [-0.2, -0.15) is 0 Å². The predicted molar refractivity (Wildman–Crippen MR) is 107 cm³/mol. The van der Waals surface area contributed by atoms with E-state index in [2.05, 4.69) is 40.5 Å². The van der Waals surface area contributed by atoms with Crippen LogP contribution in [0.25, 0.3) is 10.9 Å². The van der Waals surface area contributed by atoms with E-state index in [1.807, 2.05) is 6.07 Å². The predicted octanol–water partition coefficient (Wildman–Crippen LogP) is 3.01. The van der Waals surface area contributed by atoms with E-state index in [1.165, 1.54) is 5.39 Å². The van der Waals surface area contributed by atoms with Crippen molar-refractivity contribution in [3.63, 3.8) is 0 Å². The fraction of sp³-hybridized carbons (Fsp3) is 0.526. The molecule has 2 saturated heterocycles. The summed E-state index contributed by atoms with van der Waals surface area (Å²) >= 11 is 0. The van der Waals surface area contributed by atoms with Crippen molar-refractivity contribution in [3.8, 4) is 0 Å². The first-order valence-electron chi connectivity index (χ1n) is 8.71. The zero-order valence-corrected chi connectivity index (χ0v) is 16.0. The number of benzene rings is 1. The first-order chi connectivity index (χ1) is 11.3. The number of hydrogen-bond donors (Lipinski definition) is 2. The molecular weight excluding hydrogens is 357 g/mol. The van der Waals surface area contributed by atoms with Gasteiger partial charge in [0.15, 0.2) is 0 Å². The van der Waals surface area contributed by atoms with Crippen molar-refractivity contribution in [2.24, 2.45) is 5.41 Å². The SMILES string of the molecule is Cl.Cl.O[C@H]1CCNC[C@]12CCCN(Cc1ccc3ccccc3n1)C2. The molecule has 4 rings (SSSR count). The van der Waals surface area contributed by atoms with Gasteiger partial charge in [-0.05, 0) is 44.5 Å². The number of halogens is 2. The van der Waals surface area contributed by atoms with Crippen LogP contribution in [0.2, 0.25) is 0 Å². The number of likely N-dealkylation sites (tertiary alicyclic amines) is 1. The summed E-state index contributed by atoms with van der Waals surface area (Å²) in [6, 6.07) is 12.6. The molecule has 6 heteroatoms. The molecular formula is C19H27Cl2N3O. The molecule has 1 aromatic heterocycles. The van der Waals surface area contributed by atoms with Crippen LogP contribution in [-0.2, 0) is 6.54 Å². The van der Waals surface area contributed by atoms with Crippen molar-refractivity contribution in [1.82, 2.24) is 15.2 Å². The molecule has 0 saturated carbocycles. The number of aliphatic hydroxyl groups is 1. The number of aliphatic hydroxyl groups excluding tert-OH is 1. The van der Waals surface area contributed by atoms with Gasteiger partial charge >= 0.3 is 0 Å². The average molecular weight is 384 g/mol. The molecule has 0 unspecified atom stereocenters. The van der Waals surface area contributed by atoms with Gasteiger partial charge in [-0.25, -0.2) is 0 Å². The molecule has 1 aromatic carbocycles. The molecule has 138 valence electrons. The highest BCUT2D eigenvalue weighted by Crippen LogP contribution is 2.36. The molecule has 4 nitrogen and oxygen atoms in total. The highest BCUT2D eigenvalue weighted by atomic mass is 35.5. The van der Waals surface area contributed by atoms with Crippen LogP contribution in [0.1, 0.15) is 25.0 Å². The first-order valence-corrected chi connectivity index (χ1v) is 8.71. The zero-order valence-electron chi connectivity index (χ0n) is 14.4. The number of rotatable bonds is 2. The lowest BCUT2D eigenvalue weighted by Gasteiger charge is -2.48. The van der Waals surface area contributed by atoms with E-state index >= 15 is 0 Å². The lowest BCUT2D eigenvalue weighted by molar-refractivity contribution is -0.0516. The van der Waals surface area contributed by atoms with E-state index in [9.17, 15) is 5.11 Å². The summed E-state index contributed by atoms with van der Waals surface area (Å²) in [5.41, 5.74) is 2.22. The van der Waals surface area contributed by atoms with E-state index in [1.54, 1.807) is 0 Å². The Hall–Kier alpha value is -0.910. The molecule has 0 amide bonds. The van der Waals surface area contributed by atoms with E-state index < -0.39 is 0 Å². The Kier molecular flexibility index (Phi) is 7.06. The maximum absolute atomic E-state index is 10.5. The zero-order chi connectivity index (χ0) is 15.7. The molecule has 0 aliphatic carbocycles. The van der Waals surface area contributed by atoms with E-state index in [0.29, 0.717) is 0 Å². The minimum Gasteiger partial charge on any atom is -0.392 e. The molecule has 2 fully saturated rings. The van der Waals surface area contributed by atoms with Gasteiger partial charge in [-0.1, -0.05) is 24.3 Å². The molecule has 2 aliphatic rings. The molecule has 2 aliphatic heterocycles. The Morgan fingerprint density at radius 3 is 2.88 bits per heavy atom. The third-order valence-corrected chi connectivity index (χ3v) is 5.51. The maximum atomic E-state index is 10.5. The van der Waals surface area contributed by atoms with Crippen LogP contribution < -0.4 is 5.32 Å². The number of nitrogens with one attached hydrogen (secondary N) is 1. The lowest BCUT2D eigenvalue weighted by Crippen LogP contribution is -2.57. The Morgan fingerprint density at radius 2 is 2.04 bits per heavy atom. The van der Waals surface area contributed by atoms with Crippen molar-refractivity contribution in [2.75, 3.05) is 26.2 Å². The summed E-state index contributed by atoms with van der Waals surface area (Å²) in [6.45, 7) is 4.82. The number of pyridine rings is 1. The first kappa shape index (κ1) is 20.4. The van der Waals surface area contributed by atoms with Gasteiger partial charge in [0.05, 0.1) is 17.3 Å². The van der Waals surface area contributed by atoms with Crippen LogP contribution in [0.15, 0.2) is 36.4 Å². The van der Waals surface area contributed by atoms with Crippen molar-refractivity contribution >= 4 is 35.7 Å². The molecule has 2 N–H and O–H groups in total. The summed E-state index contributed by atoms with van der Waals surface area (Å²) in [7, 11) is 0. The number of aromatic nitrogens is 1. The molecule has 1 spiro atoms. The van der Waals surface area contributed by atoms with E-state index in [0.717, 1.165) is 63.2 Å². The van der Waals surface area contributed by atoms with Crippen LogP contribution in [-0.4, -0.2) is 47.3 Å². The number of nitrogens with zero attached hydrogens (tertiary/aromatic N) is 2. The van der Waals surface area contributed by atoms with Crippen molar-refractivity contribution in [3.05, 3.63) is 42.1 Å². The fourth-order valence-corrected chi connectivity index (χ4v) is 4.23. The van der Waals surface area contributed by atoms with Crippen molar-refractivity contribution in [1.29, 1.82) is 0 Å². The topological polar surface area (TPSA) is 48.4 Å². The number of hydrogen-bond acceptors (Lipinski definition) is 4. The summed E-state index contributed by atoms with van der Waals surface area (Å²) in [5.74, 6) is 0. The van der Waals surface area contributed by atoms with E-state index in [-0.39, 0.29) is 36.3 Å². The third-order valence-electron chi connectivity index (χ3n) is 5.51. The monoisotopic (exact) mass is 383 g/mol. The quantitative estimate of drug-likeness (QED) is 0.836. The molecule has 2 aromatic rings. The van der Waals surface area contributed by atoms with Crippen LogP contribution in [0.5, 0.6) is 0 Å². The van der Waals surface area contributed by atoms with Crippen molar-refractivity contribution < 1.29 is 5.11 Å². The number of fused-ring (bicyclic) bond motifs is 1. The van der Waals surface area contributed by atoms with Crippen LogP contribution >= 0.6 is 24.8 Å². The lowest BCUT2D eigenvalue weighted by atomic mass is 9.72.